The van der Waals surface area contributed by atoms with Gasteiger partial charge in [-0.25, -0.2) is 14.2 Å². The zero-order valence-corrected chi connectivity index (χ0v) is 10.2. The summed E-state index contributed by atoms with van der Waals surface area (Å²) in [7, 11) is 0. The molecule has 7 heteroatoms. The summed E-state index contributed by atoms with van der Waals surface area (Å²) in [6.45, 7) is 0. The van der Waals surface area contributed by atoms with Gasteiger partial charge in [0.25, 0.3) is 0 Å². The fourth-order valence-electron chi connectivity index (χ4n) is 1.82. The van der Waals surface area contributed by atoms with Gasteiger partial charge in [0.2, 0.25) is 0 Å². The molecule has 3 N–H and O–H groups in total. The highest BCUT2D eigenvalue weighted by Crippen LogP contribution is 2.24. The van der Waals surface area contributed by atoms with Gasteiger partial charge < -0.3 is 15.5 Å². The van der Waals surface area contributed by atoms with Gasteiger partial charge >= 0.3 is 11.9 Å². The zero-order valence-electron chi connectivity index (χ0n) is 10.2. The normalized spacial score (nSPS) is 12.1. The Morgan fingerprint density at radius 1 is 1.25 bits per heavy atom. The average Bonchev–Trinajstić information content (AvgIpc) is 2.38. The molecule has 0 saturated carbocycles. The molecule has 0 aliphatic heterocycles. The van der Waals surface area contributed by atoms with Crippen LogP contribution < -0.4 is 5.32 Å². The molecule has 104 valence electrons. The van der Waals surface area contributed by atoms with Crippen molar-refractivity contribution >= 4 is 28.5 Å². The lowest BCUT2D eigenvalue weighted by Gasteiger charge is -2.14. The summed E-state index contributed by atoms with van der Waals surface area (Å²) in [6.07, 6.45) is 0.718. The smallest absolute Gasteiger partial charge is 0.326 e. The number of nitrogens with one attached hydrogen (secondary N) is 1. The van der Waals surface area contributed by atoms with Gasteiger partial charge in [-0.15, -0.1) is 0 Å². The zero-order chi connectivity index (χ0) is 14.7. The number of anilines is 1. The number of halogens is 1. The largest absolute Gasteiger partial charge is 0.481 e. The van der Waals surface area contributed by atoms with Crippen LogP contribution in [0.2, 0.25) is 0 Å². The van der Waals surface area contributed by atoms with E-state index in [4.69, 9.17) is 10.2 Å². The van der Waals surface area contributed by atoms with Gasteiger partial charge in [0.05, 0.1) is 6.42 Å². The maximum Gasteiger partial charge on any atom is 0.326 e. The van der Waals surface area contributed by atoms with Crippen LogP contribution in [0.1, 0.15) is 6.42 Å². The van der Waals surface area contributed by atoms with Crippen LogP contribution in [0.4, 0.5) is 10.2 Å². The molecular weight excluding hydrogens is 267 g/mol. The summed E-state index contributed by atoms with van der Waals surface area (Å²) in [5, 5.41) is 20.9. The lowest BCUT2D eigenvalue weighted by atomic mass is 10.1. The Hall–Kier alpha value is -2.70. The number of aromatic nitrogens is 1. The molecule has 0 aliphatic rings. The molecule has 1 heterocycles. The molecule has 0 bridgehead atoms. The number of aliphatic carboxylic acids is 2. The first-order chi connectivity index (χ1) is 9.49. The molecule has 0 aliphatic carbocycles. The van der Waals surface area contributed by atoms with Crippen LogP contribution in [0.25, 0.3) is 10.8 Å². The maximum atomic E-state index is 13.6. The van der Waals surface area contributed by atoms with E-state index in [2.05, 4.69) is 10.3 Å². The highest BCUT2D eigenvalue weighted by atomic mass is 19.1. The molecule has 0 fully saturated rings. The van der Waals surface area contributed by atoms with Crippen LogP contribution in [-0.2, 0) is 9.59 Å². The second-order valence-corrected chi connectivity index (χ2v) is 4.13. The predicted molar refractivity (Wildman–Crippen MR) is 69.0 cm³/mol. The molecule has 2 rings (SSSR count). The molecule has 0 radical (unpaired) electrons. The Kier molecular flexibility index (Phi) is 3.79. The van der Waals surface area contributed by atoms with Gasteiger partial charge in [-0.3, -0.25) is 4.79 Å². The van der Waals surface area contributed by atoms with Crippen LogP contribution in [0.3, 0.4) is 0 Å². The molecule has 20 heavy (non-hydrogen) atoms. The summed E-state index contributed by atoms with van der Waals surface area (Å²) < 4.78 is 13.6. The van der Waals surface area contributed by atoms with Crippen molar-refractivity contribution < 1.29 is 24.2 Å². The van der Waals surface area contributed by atoms with Crippen LogP contribution in [0.5, 0.6) is 0 Å². The number of fused-ring (bicyclic) bond motifs is 1. The van der Waals surface area contributed by atoms with Crippen LogP contribution in [0.15, 0.2) is 30.5 Å². The Morgan fingerprint density at radius 2 is 2.00 bits per heavy atom. The van der Waals surface area contributed by atoms with E-state index < -0.39 is 30.2 Å². The number of carboxylic acids is 2. The van der Waals surface area contributed by atoms with E-state index >= 15 is 0 Å². The highest BCUT2D eigenvalue weighted by Gasteiger charge is 2.22. The molecule has 6 nitrogen and oxygen atoms in total. The maximum absolute atomic E-state index is 13.6. The van der Waals surface area contributed by atoms with E-state index in [1.165, 1.54) is 24.4 Å². The number of carbonyl (C=O) groups is 2. The number of pyridine rings is 1. The Morgan fingerprint density at radius 3 is 2.65 bits per heavy atom. The van der Waals surface area contributed by atoms with Gasteiger partial charge in [0.1, 0.15) is 17.7 Å². The standard InChI is InChI=1S/C13H11FN2O4/c14-9-3-1-2-8-7(9)4-5-15-12(8)16-10(13(19)20)6-11(17)18/h1-5,10H,6H2,(H,15,16)(H,17,18)(H,19,20). The minimum Gasteiger partial charge on any atom is -0.481 e. The number of nitrogens with zero attached hydrogens (tertiary/aromatic N) is 1. The fourth-order valence-corrected chi connectivity index (χ4v) is 1.82. The van der Waals surface area contributed by atoms with Crippen molar-refractivity contribution in [3.05, 3.63) is 36.3 Å². The first-order valence-electron chi connectivity index (χ1n) is 5.73. The van der Waals surface area contributed by atoms with E-state index in [9.17, 15) is 14.0 Å². The minimum atomic E-state index is -1.34. The summed E-state index contributed by atoms with van der Waals surface area (Å²) >= 11 is 0. The molecule has 1 aromatic carbocycles. The summed E-state index contributed by atoms with van der Waals surface area (Å²) in [4.78, 5) is 25.6. The Labute approximate surface area is 112 Å². The molecule has 1 aromatic heterocycles. The highest BCUT2D eigenvalue weighted by molar-refractivity contribution is 5.94. The van der Waals surface area contributed by atoms with Gasteiger partial charge in [0, 0.05) is 17.0 Å². The number of hydrogen-bond donors (Lipinski definition) is 3. The second kappa shape index (κ2) is 5.52. The van der Waals surface area contributed by atoms with Crippen LogP contribution in [0, 0.1) is 5.82 Å². The van der Waals surface area contributed by atoms with E-state index in [-0.39, 0.29) is 11.2 Å². The summed E-state index contributed by atoms with van der Waals surface area (Å²) in [6, 6.07) is 4.44. The molecule has 0 saturated heterocycles. The summed E-state index contributed by atoms with van der Waals surface area (Å²) in [5.41, 5.74) is 0. The number of rotatable bonds is 5. The van der Waals surface area contributed by atoms with Crippen molar-refractivity contribution in [1.29, 1.82) is 0 Å². The van der Waals surface area contributed by atoms with Crippen molar-refractivity contribution in [3.63, 3.8) is 0 Å². The van der Waals surface area contributed by atoms with Gasteiger partial charge in [-0.1, -0.05) is 12.1 Å². The third-order valence-corrected chi connectivity index (χ3v) is 2.74. The topological polar surface area (TPSA) is 99.5 Å². The quantitative estimate of drug-likeness (QED) is 0.770. The van der Waals surface area contributed by atoms with E-state index in [1.54, 1.807) is 6.07 Å². The third kappa shape index (κ3) is 2.82. The fraction of sp³-hybridized carbons (Fsp3) is 0.154. The van der Waals surface area contributed by atoms with Crippen molar-refractivity contribution in [2.75, 3.05) is 5.32 Å². The van der Waals surface area contributed by atoms with Gasteiger partial charge in [-0.05, 0) is 12.1 Å². The van der Waals surface area contributed by atoms with E-state index in [0.29, 0.717) is 5.39 Å². The Balaban J connectivity index is 2.40. The predicted octanol–water partition coefficient (Wildman–Crippen LogP) is 1.71. The lowest BCUT2D eigenvalue weighted by molar-refractivity contribution is -0.144. The first-order valence-corrected chi connectivity index (χ1v) is 5.73. The molecule has 2 aromatic rings. The molecular formula is C13H11FN2O4. The molecule has 1 atom stereocenters. The summed E-state index contributed by atoms with van der Waals surface area (Å²) in [5.74, 6) is -2.90. The number of hydrogen-bond acceptors (Lipinski definition) is 4. The molecule has 1 unspecified atom stereocenters. The second-order valence-electron chi connectivity index (χ2n) is 4.13. The number of benzene rings is 1. The van der Waals surface area contributed by atoms with Gasteiger partial charge in [-0.2, -0.15) is 0 Å². The van der Waals surface area contributed by atoms with Crippen LogP contribution >= 0.6 is 0 Å². The average molecular weight is 278 g/mol. The third-order valence-electron chi connectivity index (χ3n) is 2.74. The van der Waals surface area contributed by atoms with Gasteiger partial charge in [0.15, 0.2) is 0 Å². The van der Waals surface area contributed by atoms with E-state index in [0.717, 1.165) is 0 Å². The van der Waals surface area contributed by atoms with E-state index in [1.807, 2.05) is 0 Å². The van der Waals surface area contributed by atoms with Crippen molar-refractivity contribution in [2.24, 2.45) is 0 Å². The molecule has 0 spiro atoms. The Bertz CT molecular complexity index is 674. The van der Waals surface area contributed by atoms with Crippen LogP contribution in [-0.4, -0.2) is 33.2 Å². The minimum absolute atomic E-state index is 0.135. The SMILES string of the molecule is O=C(O)CC(Nc1nccc2c(F)cccc12)C(=O)O. The lowest BCUT2D eigenvalue weighted by Crippen LogP contribution is -2.32. The molecule has 0 amide bonds. The van der Waals surface area contributed by atoms with Crippen molar-refractivity contribution in [3.8, 4) is 0 Å². The number of carboxylic acid groups (broad SMARTS) is 2. The van der Waals surface area contributed by atoms with Crippen molar-refractivity contribution in [2.45, 2.75) is 12.5 Å². The van der Waals surface area contributed by atoms with Crippen molar-refractivity contribution in [1.82, 2.24) is 4.98 Å². The first kappa shape index (κ1) is 13.7. The monoisotopic (exact) mass is 278 g/mol.